The van der Waals surface area contributed by atoms with E-state index in [1.165, 1.54) is 17.0 Å². The highest BCUT2D eigenvalue weighted by molar-refractivity contribution is 7.92. The predicted molar refractivity (Wildman–Crippen MR) is 158 cm³/mol. The molecule has 0 aliphatic rings. The van der Waals surface area contributed by atoms with E-state index in [2.05, 4.69) is 5.32 Å². The third-order valence-electron chi connectivity index (χ3n) is 6.89. The van der Waals surface area contributed by atoms with Gasteiger partial charge in [-0.15, -0.1) is 0 Å². The summed E-state index contributed by atoms with van der Waals surface area (Å²) in [5.74, 6) is -0.0836. The molecule has 8 nitrogen and oxygen atoms in total. The maximum Gasteiger partial charge on any atom is 0.264 e. The Bertz CT molecular complexity index is 1380. The van der Waals surface area contributed by atoms with Gasteiger partial charge in [0.05, 0.1) is 17.7 Å². The fourth-order valence-corrected chi connectivity index (χ4v) is 5.86. The molecule has 0 fully saturated rings. The summed E-state index contributed by atoms with van der Waals surface area (Å²) in [4.78, 5) is 29.0. The molecule has 0 aromatic heterocycles. The number of anilines is 1. The van der Waals surface area contributed by atoms with Crippen molar-refractivity contribution in [3.05, 3.63) is 90.0 Å². The first kappa shape index (κ1) is 30.7. The van der Waals surface area contributed by atoms with Gasteiger partial charge in [-0.05, 0) is 68.1 Å². The zero-order chi connectivity index (χ0) is 29.3. The van der Waals surface area contributed by atoms with Crippen LogP contribution in [-0.2, 0) is 26.2 Å². The van der Waals surface area contributed by atoms with Crippen LogP contribution in [0, 0.1) is 6.92 Å². The number of amides is 2. The summed E-state index contributed by atoms with van der Waals surface area (Å²) in [6.07, 6.45) is 1.10. The highest BCUT2D eigenvalue weighted by Gasteiger charge is 2.34. The van der Waals surface area contributed by atoms with Crippen molar-refractivity contribution in [3.63, 3.8) is 0 Å². The summed E-state index contributed by atoms with van der Waals surface area (Å²) in [6, 6.07) is 21.5. The van der Waals surface area contributed by atoms with Crippen LogP contribution in [0.5, 0.6) is 5.75 Å². The molecule has 0 saturated heterocycles. The van der Waals surface area contributed by atoms with Crippen molar-refractivity contribution in [2.24, 2.45) is 0 Å². The van der Waals surface area contributed by atoms with E-state index >= 15 is 0 Å². The van der Waals surface area contributed by atoms with Gasteiger partial charge in [0.15, 0.2) is 0 Å². The molecule has 2 amide bonds. The number of benzene rings is 3. The van der Waals surface area contributed by atoms with Gasteiger partial charge in [-0.1, -0.05) is 62.4 Å². The number of sulfonamides is 1. The molecule has 9 heteroatoms. The van der Waals surface area contributed by atoms with E-state index in [0.29, 0.717) is 23.4 Å². The van der Waals surface area contributed by atoms with Gasteiger partial charge in [0.2, 0.25) is 11.8 Å². The number of nitrogens with one attached hydrogen (secondary N) is 1. The summed E-state index contributed by atoms with van der Waals surface area (Å²) in [6.45, 7) is 7.19. The van der Waals surface area contributed by atoms with Crippen molar-refractivity contribution in [3.8, 4) is 5.75 Å². The quantitative estimate of drug-likeness (QED) is 0.317. The smallest absolute Gasteiger partial charge is 0.264 e. The SMILES string of the molecule is CC[C@H](C)NC(=O)[C@H](CC)N(Cc1ccc(OC)cc1)C(=O)CN(c1ccccc1C)S(=O)(=O)c1ccccc1. The Balaban J connectivity index is 2.05. The lowest BCUT2D eigenvalue weighted by molar-refractivity contribution is -0.140. The highest BCUT2D eigenvalue weighted by atomic mass is 32.2. The number of aryl methyl sites for hydroxylation is 1. The third-order valence-corrected chi connectivity index (χ3v) is 8.67. The Morgan fingerprint density at radius 1 is 0.900 bits per heavy atom. The van der Waals surface area contributed by atoms with Crippen LogP contribution in [0.15, 0.2) is 83.8 Å². The molecule has 0 aliphatic heterocycles. The molecule has 0 aliphatic carbocycles. The predicted octanol–water partition coefficient (Wildman–Crippen LogP) is 4.92. The lowest BCUT2D eigenvalue weighted by Gasteiger charge is -2.34. The number of para-hydroxylation sites is 1. The van der Waals surface area contributed by atoms with Gasteiger partial charge in [-0.3, -0.25) is 13.9 Å². The molecule has 3 aromatic rings. The van der Waals surface area contributed by atoms with Crippen LogP contribution in [0.3, 0.4) is 0 Å². The Hall–Kier alpha value is -3.85. The maximum atomic E-state index is 14.1. The largest absolute Gasteiger partial charge is 0.497 e. The number of hydrogen-bond acceptors (Lipinski definition) is 5. The van der Waals surface area contributed by atoms with Crippen molar-refractivity contribution in [1.29, 1.82) is 0 Å². The molecule has 0 unspecified atom stereocenters. The molecule has 3 rings (SSSR count). The van der Waals surface area contributed by atoms with Crippen LogP contribution in [0.1, 0.15) is 44.7 Å². The number of carbonyl (C=O) groups excluding carboxylic acids is 2. The molecule has 0 heterocycles. The summed E-state index contributed by atoms with van der Waals surface area (Å²) in [5.41, 5.74) is 1.90. The minimum absolute atomic E-state index is 0.0681. The second kappa shape index (κ2) is 14.0. The van der Waals surface area contributed by atoms with Gasteiger partial charge in [0.1, 0.15) is 18.3 Å². The van der Waals surface area contributed by atoms with Gasteiger partial charge in [0, 0.05) is 12.6 Å². The zero-order valence-electron chi connectivity index (χ0n) is 23.8. The van der Waals surface area contributed by atoms with E-state index < -0.39 is 28.5 Å². The number of hydrogen-bond donors (Lipinski definition) is 1. The third kappa shape index (κ3) is 7.41. The molecule has 0 bridgehead atoms. The first-order chi connectivity index (χ1) is 19.1. The van der Waals surface area contributed by atoms with Crippen molar-refractivity contribution >= 4 is 27.5 Å². The minimum Gasteiger partial charge on any atom is -0.497 e. The molecule has 0 saturated carbocycles. The van der Waals surface area contributed by atoms with Crippen LogP contribution in [0.4, 0.5) is 5.69 Å². The number of ether oxygens (including phenoxy) is 1. The lowest BCUT2D eigenvalue weighted by atomic mass is 10.1. The molecule has 2 atom stereocenters. The van der Waals surface area contributed by atoms with Gasteiger partial charge in [-0.25, -0.2) is 8.42 Å². The Morgan fingerprint density at radius 3 is 2.10 bits per heavy atom. The van der Waals surface area contributed by atoms with Crippen LogP contribution in [0.25, 0.3) is 0 Å². The number of carbonyl (C=O) groups is 2. The summed E-state index contributed by atoms with van der Waals surface area (Å²) in [7, 11) is -2.52. The van der Waals surface area contributed by atoms with Crippen molar-refractivity contribution < 1.29 is 22.7 Å². The molecule has 0 radical (unpaired) electrons. The zero-order valence-corrected chi connectivity index (χ0v) is 24.6. The van der Waals surface area contributed by atoms with Gasteiger partial charge < -0.3 is 15.0 Å². The normalized spacial score (nSPS) is 12.7. The van der Waals surface area contributed by atoms with E-state index in [1.807, 2.05) is 39.0 Å². The maximum absolute atomic E-state index is 14.1. The fourth-order valence-electron chi connectivity index (χ4n) is 4.36. The summed E-state index contributed by atoms with van der Waals surface area (Å²) < 4.78 is 34.2. The molecule has 214 valence electrons. The first-order valence-electron chi connectivity index (χ1n) is 13.5. The Labute approximate surface area is 238 Å². The standard InChI is InChI=1S/C31H39N3O5S/c1-6-24(4)32-31(36)28(7-2)33(21-25-17-19-26(39-5)20-18-25)30(35)22-34(29-16-12-11-13-23(29)3)40(37,38)27-14-9-8-10-15-27/h8-20,24,28H,6-7,21-22H2,1-5H3,(H,32,36)/t24-,28-/m0/s1. The van der Waals surface area contributed by atoms with Crippen LogP contribution in [0.2, 0.25) is 0 Å². The fraction of sp³-hybridized carbons (Fsp3) is 0.355. The van der Waals surface area contributed by atoms with E-state index in [0.717, 1.165) is 16.3 Å². The van der Waals surface area contributed by atoms with E-state index in [4.69, 9.17) is 4.74 Å². The van der Waals surface area contributed by atoms with E-state index in [1.54, 1.807) is 62.6 Å². The van der Waals surface area contributed by atoms with Crippen LogP contribution < -0.4 is 14.4 Å². The molecule has 40 heavy (non-hydrogen) atoms. The number of methoxy groups -OCH3 is 1. The van der Waals surface area contributed by atoms with Gasteiger partial charge in [0.25, 0.3) is 10.0 Å². The molecule has 3 aromatic carbocycles. The molecular formula is C31H39N3O5S. The second-order valence-electron chi connectivity index (χ2n) is 9.72. The summed E-state index contributed by atoms with van der Waals surface area (Å²) >= 11 is 0. The van der Waals surface area contributed by atoms with E-state index in [9.17, 15) is 18.0 Å². The Kier molecular flexibility index (Phi) is 10.7. The first-order valence-corrected chi connectivity index (χ1v) is 14.9. The van der Waals surface area contributed by atoms with E-state index in [-0.39, 0.29) is 23.4 Å². The number of nitrogens with zero attached hydrogens (tertiary/aromatic N) is 2. The minimum atomic E-state index is -4.09. The topological polar surface area (TPSA) is 96.0 Å². The van der Waals surface area contributed by atoms with Gasteiger partial charge >= 0.3 is 0 Å². The van der Waals surface area contributed by atoms with Crippen molar-refractivity contribution in [2.75, 3.05) is 18.0 Å². The van der Waals surface area contributed by atoms with Crippen LogP contribution >= 0.6 is 0 Å². The molecule has 0 spiro atoms. The second-order valence-corrected chi connectivity index (χ2v) is 11.6. The van der Waals surface area contributed by atoms with Gasteiger partial charge in [-0.2, -0.15) is 0 Å². The lowest BCUT2D eigenvalue weighted by Crippen LogP contribution is -2.53. The highest BCUT2D eigenvalue weighted by Crippen LogP contribution is 2.27. The molecular weight excluding hydrogens is 526 g/mol. The summed E-state index contributed by atoms with van der Waals surface area (Å²) in [5, 5.41) is 2.99. The average Bonchev–Trinajstić information content (AvgIpc) is 2.96. The monoisotopic (exact) mass is 565 g/mol. The molecule has 1 N–H and O–H groups in total. The average molecular weight is 566 g/mol. The van der Waals surface area contributed by atoms with Crippen molar-refractivity contribution in [1.82, 2.24) is 10.2 Å². The number of rotatable bonds is 13. The van der Waals surface area contributed by atoms with Crippen molar-refractivity contribution in [2.45, 2.75) is 64.1 Å². The Morgan fingerprint density at radius 2 is 1.52 bits per heavy atom. The van der Waals surface area contributed by atoms with Crippen LogP contribution in [-0.4, -0.2) is 50.9 Å².